The topological polar surface area (TPSA) is 28.7 Å². The highest BCUT2D eigenvalue weighted by molar-refractivity contribution is 9.11. The molecule has 0 aliphatic carbocycles. The van der Waals surface area contributed by atoms with Gasteiger partial charge in [-0.3, -0.25) is 0 Å². The van der Waals surface area contributed by atoms with Crippen LogP contribution in [0.4, 0.5) is 0 Å². The Morgan fingerprint density at radius 3 is 2.67 bits per heavy atom. The van der Waals surface area contributed by atoms with Gasteiger partial charge in [0, 0.05) is 14.5 Å². The number of aromatic amines is 1. The van der Waals surface area contributed by atoms with Gasteiger partial charge in [0.1, 0.15) is 11.3 Å². The zero-order valence-corrected chi connectivity index (χ0v) is 13.0. The van der Waals surface area contributed by atoms with Crippen molar-refractivity contribution in [3.8, 4) is 11.4 Å². The first-order valence-electron chi connectivity index (χ1n) is 5.25. The molecule has 18 heavy (non-hydrogen) atoms. The molecule has 1 heterocycles. The number of nitrogens with one attached hydrogen (secondary N) is 1. The summed E-state index contributed by atoms with van der Waals surface area (Å²) in [6.45, 7) is 0. The van der Waals surface area contributed by atoms with Gasteiger partial charge in [-0.05, 0) is 46.3 Å². The van der Waals surface area contributed by atoms with Crippen molar-refractivity contribution in [2.75, 3.05) is 0 Å². The van der Waals surface area contributed by atoms with Crippen molar-refractivity contribution < 1.29 is 0 Å². The van der Waals surface area contributed by atoms with Crippen LogP contribution in [0.5, 0.6) is 0 Å². The van der Waals surface area contributed by atoms with Crippen LogP contribution < -0.4 is 0 Å². The van der Waals surface area contributed by atoms with Crippen LogP contribution in [0, 0.1) is 0 Å². The number of para-hydroxylation sites is 1. The van der Waals surface area contributed by atoms with Gasteiger partial charge in [0.15, 0.2) is 0 Å². The zero-order valence-electron chi connectivity index (χ0n) is 9.05. The lowest BCUT2D eigenvalue weighted by molar-refractivity contribution is 1.33. The van der Waals surface area contributed by atoms with E-state index >= 15 is 0 Å². The molecule has 2 aromatic carbocycles. The lowest BCUT2D eigenvalue weighted by atomic mass is 10.2. The highest BCUT2D eigenvalue weighted by atomic mass is 79.9. The maximum atomic E-state index is 6.23. The molecular formula is C13H7Br2ClN2. The van der Waals surface area contributed by atoms with E-state index in [1.807, 2.05) is 36.4 Å². The molecule has 0 saturated carbocycles. The maximum Gasteiger partial charge on any atom is 0.140 e. The number of halogens is 3. The van der Waals surface area contributed by atoms with Crippen molar-refractivity contribution in [2.24, 2.45) is 0 Å². The summed E-state index contributed by atoms with van der Waals surface area (Å²) >= 11 is 13.1. The lowest BCUT2D eigenvalue weighted by Gasteiger charge is -2.00. The molecule has 90 valence electrons. The number of hydrogen-bond acceptors (Lipinski definition) is 1. The second kappa shape index (κ2) is 4.68. The third-order valence-electron chi connectivity index (χ3n) is 2.65. The minimum atomic E-state index is 0.666. The predicted molar refractivity (Wildman–Crippen MR) is 81.9 cm³/mol. The van der Waals surface area contributed by atoms with Crippen molar-refractivity contribution >= 4 is 54.5 Å². The average molecular weight is 386 g/mol. The fraction of sp³-hybridized carbons (Fsp3) is 0. The molecule has 3 aromatic rings. The van der Waals surface area contributed by atoms with Gasteiger partial charge in [-0.25, -0.2) is 4.98 Å². The molecule has 0 aliphatic rings. The summed E-state index contributed by atoms with van der Waals surface area (Å²) < 4.78 is 1.92. The predicted octanol–water partition coefficient (Wildman–Crippen LogP) is 5.41. The van der Waals surface area contributed by atoms with E-state index in [0.29, 0.717) is 5.02 Å². The van der Waals surface area contributed by atoms with Gasteiger partial charge in [0.05, 0.1) is 10.5 Å². The molecule has 1 aromatic heterocycles. The molecule has 0 spiro atoms. The molecule has 0 atom stereocenters. The number of benzene rings is 2. The van der Waals surface area contributed by atoms with Crippen LogP contribution in [0.15, 0.2) is 45.3 Å². The van der Waals surface area contributed by atoms with Crippen molar-refractivity contribution in [3.05, 3.63) is 50.4 Å². The van der Waals surface area contributed by atoms with Gasteiger partial charge in [-0.1, -0.05) is 33.6 Å². The highest BCUT2D eigenvalue weighted by Crippen LogP contribution is 2.31. The van der Waals surface area contributed by atoms with Gasteiger partial charge in [0.25, 0.3) is 0 Å². The van der Waals surface area contributed by atoms with Crippen LogP contribution in [0.3, 0.4) is 0 Å². The normalized spacial score (nSPS) is 11.1. The summed E-state index contributed by atoms with van der Waals surface area (Å²) in [5.41, 5.74) is 2.79. The fourth-order valence-electron chi connectivity index (χ4n) is 1.81. The summed E-state index contributed by atoms with van der Waals surface area (Å²) in [5, 5.41) is 0.666. The number of aromatic nitrogens is 2. The van der Waals surface area contributed by atoms with Crippen molar-refractivity contribution in [3.63, 3.8) is 0 Å². The van der Waals surface area contributed by atoms with Gasteiger partial charge in [-0.2, -0.15) is 0 Å². The van der Waals surface area contributed by atoms with Gasteiger partial charge in [-0.15, -0.1) is 0 Å². The van der Waals surface area contributed by atoms with Gasteiger partial charge in [0.2, 0.25) is 0 Å². The summed E-state index contributed by atoms with van der Waals surface area (Å²) in [5.74, 6) is 0.773. The number of imidazole rings is 1. The Kier molecular flexibility index (Phi) is 3.18. The molecule has 0 fully saturated rings. The number of hydrogen-bond donors (Lipinski definition) is 1. The Morgan fingerprint density at radius 2 is 1.94 bits per heavy atom. The van der Waals surface area contributed by atoms with E-state index in [0.717, 1.165) is 31.4 Å². The summed E-state index contributed by atoms with van der Waals surface area (Å²) in [7, 11) is 0. The van der Waals surface area contributed by atoms with E-state index in [1.54, 1.807) is 0 Å². The second-order valence-corrected chi connectivity index (χ2v) is 6.02. The molecule has 0 bridgehead atoms. The molecule has 5 heteroatoms. The molecule has 2 nitrogen and oxygen atoms in total. The third kappa shape index (κ3) is 2.09. The van der Waals surface area contributed by atoms with E-state index in [2.05, 4.69) is 41.8 Å². The van der Waals surface area contributed by atoms with E-state index in [-0.39, 0.29) is 0 Å². The Hall–Kier alpha value is -0.840. The molecule has 0 unspecified atom stereocenters. The van der Waals surface area contributed by atoms with Crippen molar-refractivity contribution in [1.82, 2.24) is 9.97 Å². The highest BCUT2D eigenvalue weighted by Gasteiger charge is 2.10. The number of H-pyrrole nitrogens is 1. The molecule has 1 N–H and O–H groups in total. The largest absolute Gasteiger partial charge is 0.338 e. The summed E-state index contributed by atoms with van der Waals surface area (Å²) in [6, 6.07) is 11.7. The molecule has 0 saturated heterocycles. The number of fused-ring (bicyclic) bond motifs is 1. The van der Waals surface area contributed by atoms with Crippen molar-refractivity contribution in [1.29, 1.82) is 0 Å². The van der Waals surface area contributed by atoms with Crippen molar-refractivity contribution in [2.45, 2.75) is 0 Å². The molecule has 0 aliphatic heterocycles. The SMILES string of the molecule is Clc1cc(Br)ccc1-c1nc2c(Br)cccc2[nH]1. The van der Waals surface area contributed by atoms with Crippen LogP contribution >= 0.6 is 43.5 Å². The zero-order chi connectivity index (χ0) is 12.7. The summed E-state index contributed by atoms with van der Waals surface area (Å²) in [4.78, 5) is 7.84. The van der Waals surface area contributed by atoms with Crippen LogP contribution in [-0.4, -0.2) is 9.97 Å². The van der Waals surface area contributed by atoms with Crippen LogP contribution in [0.25, 0.3) is 22.4 Å². The van der Waals surface area contributed by atoms with E-state index < -0.39 is 0 Å². The van der Waals surface area contributed by atoms with Crippen LogP contribution in [0.1, 0.15) is 0 Å². The van der Waals surface area contributed by atoms with Crippen LogP contribution in [-0.2, 0) is 0 Å². The van der Waals surface area contributed by atoms with E-state index in [9.17, 15) is 0 Å². The Morgan fingerprint density at radius 1 is 1.11 bits per heavy atom. The summed E-state index contributed by atoms with van der Waals surface area (Å²) in [6.07, 6.45) is 0. The molecule has 0 amide bonds. The minimum Gasteiger partial charge on any atom is -0.338 e. The average Bonchev–Trinajstić information content (AvgIpc) is 2.74. The van der Waals surface area contributed by atoms with E-state index in [1.165, 1.54) is 0 Å². The lowest BCUT2D eigenvalue weighted by Crippen LogP contribution is -1.81. The van der Waals surface area contributed by atoms with Gasteiger partial charge < -0.3 is 4.98 Å². The molecular weight excluding hydrogens is 379 g/mol. The Balaban J connectivity index is 2.23. The first-order chi connectivity index (χ1) is 8.65. The Labute approximate surface area is 126 Å². The molecule has 0 radical (unpaired) electrons. The Bertz CT molecular complexity index is 737. The number of rotatable bonds is 1. The molecule has 3 rings (SSSR count). The smallest absolute Gasteiger partial charge is 0.140 e. The fourth-order valence-corrected chi connectivity index (χ4v) is 3.02. The standard InChI is InChI=1S/C13H7Br2ClN2/c14-7-4-5-8(10(16)6-7)13-17-11-3-1-2-9(15)12(11)18-13/h1-6H,(H,17,18). The second-order valence-electron chi connectivity index (χ2n) is 3.85. The van der Waals surface area contributed by atoms with E-state index in [4.69, 9.17) is 11.6 Å². The van der Waals surface area contributed by atoms with Crippen LogP contribution in [0.2, 0.25) is 5.02 Å². The first kappa shape index (κ1) is 12.2. The van der Waals surface area contributed by atoms with Gasteiger partial charge >= 0.3 is 0 Å². The maximum absolute atomic E-state index is 6.23. The monoisotopic (exact) mass is 384 g/mol. The first-order valence-corrected chi connectivity index (χ1v) is 7.21. The number of nitrogens with zero attached hydrogens (tertiary/aromatic N) is 1. The third-order valence-corrected chi connectivity index (χ3v) is 4.10. The minimum absolute atomic E-state index is 0.666. The quantitative estimate of drug-likeness (QED) is 0.595.